The van der Waals surface area contributed by atoms with Gasteiger partial charge in [-0.25, -0.2) is 4.98 Å². The van der Waals surface area contributed by atoms with Crippen LogP contribution >= 0.6 is 11.3 Å². The number of thiophene rings is 1. The SMILES string of the molecule is CCC(C(=O)Nc1c(C#N)cnn1C)n1cnc2scc(-c3ccc4c(c3)CCCC4)c2c1=O. The molecule has 0 fully saturated rings. The fourth-order valence-electron chi connectivity index (χ4n) is 4.66. The molecule has 1 aliphatic rings. The van der Waals surface area contributed by atoms with E-state index in [-0.39, 0.29) is 11.1 Å². The van der Waals surface area contributed by atoms with Crippen LogP contribution < -0.4 is 10.9 Å². The molecule has 0 radical (unpaired) electrons. The van der Waals surface area contributed by atoms with E-state index in [1.807, 2.05) is 18.4 Å². The maximum absolute atomic E-state index is 13.6. The van der Waals surface area contributed by atoms with Crippen LogP contribution in [0.4, 0.5) is 5.82 Å². The number of aryl methyl sites for hydroxylation is 3. The maximum atomic E-state index is 13.6. The van der Waals surface area contributed by atoms with Crippen molar-refractivity contribution in [2.75, 3.05) is 5.32 Å². The number of hydrogen-bond donors (Lipinski definition) is 1. The van der Waals surface area contributed by atoms with Crippen molar-refractivity contribution in [3.63, 3.8) is 0 Å². The minimum Gasteiger partial charge on any atom is -0.308 e. The second-order valence-corrected chi connectivity index (χ2v) is 9.39. The third-order valence-corrected chi connectivity index (χ3v) is 7.39. The van der Waals surface area contributed by atoms with Crippen LogP contribution in [0.25, 0.3) is 21.3 Å². The molecule has 1 unspecified atom stereocenters. The summed E-state index contributed by atoms with van der Waals surface area (Å²) in [6, 6.07) is 7.69. The maximum Gasteiger partial charge on any atom is 0.263 e. The predicted octanol–water partition coefficient (Wildman–Crippen LogP) is 4.20. The van der Waals surface area contributed by atoms with E-state index < -0.39 is 11.9 Å². The van der Waals surface area contributed by atoms with E-state index in [1.165, 1.54) is 57.1 Å². The van der Waals surface area contributed by atoms with Gasteiger partial charge in [0.2, 0.25) is 5.91 Å². The molecule has 0 saturated heterocycles. The molecule has 1 atom stereocenters. The monoisotopic (exact) mass is 472 g/mol. The van der Waals surface area contributed by atoms with Gasteiger partial charge in [0.1, 0.15) is 28.3 Å². The van der Waals surface area contributed by atoms with Crippen LogP contribution in [0.3, 0.4) is 0 Å². The Morgan fingerprint density at radius 1 is 1.29 bits per heavy atom. The quantitative estimate of drug-likeness (QED) is 0.469. The lowest BCUT2D eigenvalue weighted by Gasteiger charge is -2.18. The van der Waals surface area contributed by atoms with Crippen LogP contribution in [-0.2, 0) is 24.7 Å². The van der Waals surface area contributed by atoms with Gasteiger partial charge < -0.3 is 5.32 Å². The normalized spacial score (nSPS) is 13.9. The Morgan fingerprint density at radius 3 is 2.85 bits per heavy atom. The lowest BCUT2D eigenvalue weighted by Crippen LogP contribution is -2.33. The summed E-state index contributed by atoms with van der Waals surface area (Å²) in [5.74, 6) is -0.0882. The third-order valence-electron chi connectivity index (χ3n) is 6.50. The van der Waals surface area contributed by atoms with Crippen LogP contribution in [0.15, 0.2) is 40.9 Å². The topological polar surface area (TPSA) is 106 Å². The Kier molecular flexibility index (Phi) is 5.75. The molecule has 8 nitrogen and oxygen atoms in total. The van der Waals surface area contributed by atoms with Crippen LogP contribution in [0.2, 0.25) is 0 Å². The molecule has 3 heterocycles. The number of hydrogen-bond acceptors (Lipinski definition) is 6. The summed E-state index contributed by atoms with van der Waals surface area (Å²) < 4.78 is 2.83. The van der Waals surface area contributed by atoms with Crippen molar-refractivity contribution in [3.05, 3.63) is 63.1 Å². The average Bonchev–Trinajstić information content (AvgIpc) is 3.44. The van der Waals surface area contributed by atoms with Gasteiger partial charge in [-0.05, 0) is 48.8 Å². The third kappa shape index (κ3) is 3.70. The van der Waals surface area contributed by atoms with Gasteiger partial charge in [0, 0.05) is 18.0 Å². The minimum atomic E-state index is -0.776. The number of carbonyl (C=O) groups is 1. The second-order valence-electron chi connectivity index (χ2n) is 8.53. The van der Waals surface area contributed by atoms with Crippen molar-refractivity contribution in [1.82, 2.24) is 19.3 Å². The van der Waals surface area contributed by atoms with E-state index in [9.17, 15) is 14.9 Å². The zero-order valence-corrected chi connectivity index (χ0v) is 19.9. The number of nitrogens with zero attached hydrogens (tertiary/aromatic N) is 5. The molecule has 1 aliphatic carbocycles. The number of benzene rings is 1. The van der Waals surface area contributed by atoms with Gasteiger partial charge in [0.15, 0.2) is 0 Å². The zero-order valence-electron chi connectivity index (χ0n) is 19.0. The number of nitrogens with one attached hydrogen (secondary N) is 1. The van der Waals surface area contributed by atoms with E-state index in [4.69, 9.17) is 0 Å². The minimum absolute atomic E-state index is 0.244. The van der Waals surface area contributed by atoms with Crippen molar-refractivity contribution >= 4 is 33.3 Å². The number of carbonyl (C=O) groups excluding carboxylic acids is 1. The molecule has 5 rings (SSSR count). The predicted molar refractivity (Wildman–Crippen MR) is 132 cm³/mol. The summed E-state index contributed by atoms with van der Waals surface area (Å²) in [5.41, 5.74) is 4.62. The Bertz CT molecular complexity index is 1510. The molecule has 0 aliphatic heterocycles. The highest BCUT2D eigenvalue weighted by Gasteiger charge is 2.25. The summed E-state index contributed by atoms with van der Waals surface area (Å²) >= 11 is 1.43. The fraction of sp³-hybridized carbons (Fsp3) is 0.320. The summed E-state index contributed by atoms with van der Waals surface area (Å²) in [5, 5.41) is 18.6. The second kappa shape index (κ2) is 8.88. The van der Waals surface area contributed by atoms with Crippen LogP contribution in [0, 0.1) is 11.3 Å². The van der Waals surface area contributed by atoms with E-state index in [2.05, 4.69) is 33.6 Å². The smallest absolute Gasteiger partial charge is 0.263 e. The number of aromatic nitrogens is 4. The summed E-state index contributed by atoms with van der Waals surface area (Å²) in [6.45, 7) is 1.84. The van der Waals surface area contributed by atoms with Gasteiger partial charge in [-0.1, -0.05) is 25.1 Å². The first-order valence-electron chi connectivity index (χ1n) is 11.3. The zero-order chi connectivity index (χ0) is 23.8. The molecule has 3 aromatic heterocycles. The Balaban J connectivity index is 1.55. The highest BCUT2D eigenvalue weighted by atomic mass is 32.1. The number of anilines is 1. The molecule has 0 spiro atoms. The standard InChI is InChI=1S/C25H24N6O2S/c1-3-20(23(32)29-22-18(11-26)12-28-30(22)2)31-14-27-24-21(25(31)33)19(13-34-24)17-9-8-15-6-4-5-7-16(15)10-17/h8-10,12-14,20H,3-7H2,1-2H3,(H,29,32). The van der Waals surface area contributed by atoms with E-state index >= 15 is 0 Å². The van der Waals surface area contributed by atoms with Crippen molar-refractivity contribution < 1.29 is 4.79 Å². The number of fused-ring (bicyclic) bond motifs is 2. The van der Waals surface area contributed by atoms with Crippen LogP contribution in [-0.4, -0.2) is 25.2 Å². The Hall–Kier alpha value is -3.77. The molecule has 1 aromatic carbocycles. The van der Waals surface area contributed by atoms with Crippen molar-refractivity contribution in [1.29, 1.82) is 5.26 Å². The van der Waals surface area contributed by atoms with E-state index in [0.29, 0.717) is 22.5 Å². The number of nitriles is 1. The van der Waals surface area contributed by atoms with E-state index in [0.717, 1.165) is 24.0 Å². The summed E-state index contributed by atoms with van der Waals surface area (Å²) in [4.78, 5) is 32.0. The molecule has 1 amide bonds. The van der Waals surface area contributed by atoms with Gasteiger partial charge in [-0.2, -0.15) is 10.4 Å². The van der Waals surface area contributed by atoms with Gasteiger partial charge >= 0.3 is 0 Å². The molecular formula is C25H24N6O2S. The number of amides is 1. The Morgan fingerprint density at radius 2 is 2.09 bits per heavy atom. The molecule has 9 heteroatoms. The summed E-state index contributed by atoms with van der Waals surface area (Å²) in [6.07, 6.45) is 7.80. The van der Waals surface area contributed by atoms with Gasteiger partial charge in [0.25, 0.3) is 5.56 Å². The lowest BCUT2D eigenvalue weighted by atomic mass is 9.89. The molecule has 0 saturated carbocycles. The van der Waals surface area contributed by atoms with Crippen molar-refractivity contribution in [2.45, 2.75) is 45.1 Å². The average molecular weight is 473 g/mol. The van der Waals surface area contributed by atoms with Crippen molar-refractivity contribution in [2.24, 2.45) is 7.05 Å². The lowest BCUT2D eigenvalue weighted by molar-refractivity contribution is -0.119. The number of rotatable bonds is 5. The first-order valence-corrected chi connectivity index (χ1v) is 12.2. The molecule has 0 bridgehead atoms. The van der Waals surface area contributed by atoms with Gasteiger partial charge in [-0.15, -0.1) is 11.3 Å². The van der Waals surface area contributed by atoms with Crippen LogP contribution in [0.1, 0.15) is 48.9 Å². The highest BCUT2D eigenvalue weighted by Crippen LogP contribution is 2.34. The van der Waals surface area contributed by atoms with E-state index in [1.54, 1.807) is 7.05 Å². The largest absolute Gasteiger partial charge is 0.308 e. The van der Waals surface area contributed by atoms with Crippen LogP contribution in [0.5, 0.6) is 0 Å². The molecule has 172 valence electrons. The molecule has 34 heavy (non-hydrogen) atoms. The summed E-state index contributed by atoms with van der Waals surface area (Å²) in [7, 11) is 1.65. The molecular weight excluding hydrogens is 448 g/mol. The first kappa shape index (κ1) is 22.0. The highest BCUT2D eigenvalue weighted by molar-refractivity contribution is 7.17. The van der Waals surface area contributed by atoms with Gasteiger partial charge in [-0.3, -0.25) is 18.8 Å². The fourth-order valence-corrected chi connectivity index (χ4v) is 5.56. The molecule has 1 N–H and O–H groups in total. The van der Waals surface area contributed by atoms with Crippen molar-refractivity contribution in [3.8, 4) is 17.2 Å². The Labute approximate surface area is 200 Å². The van der Waals surface area contributed by atoms with Gasteiger partial charge in [0.05, 0.1) is 17.9 Å². The molecule has 4 aromatic rings. The first-order chi connectivity index (χ1) is 16.5.